The van der Waals surface area contributed by atoms with E-state index in [2.05, 4.69) is 30.8 Å². The van der Waals surface area contributed by atoms with Crippen molar-refractivity contribution in [2.24, 2.45) is 0 Å². The molecule has 0 aromatic carbocycles. The Hall–Kier alpha value is -3.50. The predicted molar refractivity (Wildman–Crippen MR) is 116 cm³/mol. The van der Waals surface area contributed by atoms with E-state index in [1.807, 2.05) is 4.90 Å². The number of anilines is 1. The second-order valence-electron chi connectivity index (χ2n) is 8.37. The van der Waals surface area contributed by atoms with Gasteiger partial charge in [0.1, 0.15) is 0 Å². The predicted octanol–water partition coefficient (Wildman–Crippen LogP) is 2.15. The van der Waals surface area contributed by atoms with Gasteiger partial charge in [-0.2, -0.15) is 5.10 Å². The zero-order chi connectivity index (χ0) is 22.1. The van der Waals surface area contributed by atoms with Gasteiger partial charge in [0.2, 0.25) is 0 Å². The molecule has 10 nitrogen and oxygen atoms in total. The van der Waals surface area contributed by atoms with Crippen molar-refractivity contribution in [2.45, 2.75) is 50.6 Å². The summed E-state index contributed by atoms with van der Waals surface area (Å²) in [7, 11) is 0. The molecule has 1 aliphatic carbocycles. The fraction of sp³-hybridized carbons (Fsp3) is 0.476. The molecule has 3 aromatic rings. The minimum absolute atomic E-state index is 0.0118. The maximum atomic E-state index is 14.5. The number of aromatic nitrogens is 5. The van der Waals surface area contributed by atoms with Gasteiger partial charge in [-0.05, 0) is 50.7 Å². The van der Waals surface area contributed by atoms with E-state index in [-0.39, 0.29) is 29.8 Å². The number of fused-ring (bicyclic) bond motifs is 1. The van der Waals surface area contributed by atoms with Gasteiger partial charge >= 0.3 is 11.7 Å². The molecule has 3 aromatic heterocycles. The molecule has 1 saturated heterocycles. The summed E-state index contributed by atoms with van der Waals surface area (Å²) in [6, 6.07) is 5.10. The van der Waals surface area contributed by atoms with E-state index in [0.717, 1.165) is 51.4 Å². The summed E-state index contributed by atoms with van der Waals surface area (Å²) in [6.07, 6.45) is 6.57. The van der Waals surface area contributed by atoms with Crippen LogP contribution in [0.4, 0.5) is 15.0 Å². The van der Waals surface area contributed by atoms with E-state index in [4.69, 9.17) is 0 Å². The first-order chi connectivity index (χ1) is 15.6. The zero-order valence-corrected chi connectivity index (χ0v) is 17.6. The number of halogens is 1. The Bertz CT molecular complexity index is 1190. The standard InChI is InChI=1S/C21H25FN8O2/c22-15-12-23-19(16-7-4-8-17-27-28-21(32)30(16)17)26-18(15)24-13-5-3-6-14(11-13)25-20(31)29-9-1-2-10-29/h4,7-8,12-14H,1-3,5-6,9-11H2,(H,25,31)(H,28,32)(H,23,24,26)/t13?,14-/m1/s1. The van der Waals surface area contributed by atoms with E-state index in [0.29, 0.717) is 17.8 Å². The molecule has 2 fully saturated rings. The second-order valence-corrected chi connectivity index (χ2v) is 8.37. The summed E-state index contributed by atoms with van der Waals surface area (Å²) in [5, 5.41) is 12.6. The lowest BCUT2D eigenvalue weighted by molar-refractivity contribution is 0.199. The minimum Gasteiger partial charge on any atom is -0.365 e. The summed E-state index contributed by atoms with van der Waals surface area (Å²) in [6.45, 7) is 1.61. The van der Waals surface area contributed by atoms with Crippen LogP contribution in [0, 0.1) is 5.82 Å². The number of nitrogens with zero attached hydrogens (tertiary/aromatic N) is 5. The van der Waals surface area contributed by atoms with Crippen LogP contribution in [-0.2, 0) is 0 Å². The van der Waals surface area contributed by atoms with Crippen LogP contribution in [0.15, 0.2) is 29.2 Å². The van der Waals surface area contributed by atoms with Crippen molar-refractivity contribution in [1.29, 1.82) is 0 Å². The molecular weight excluding hydrogens is 415 g/mol. The van der Waals surface area contributed by atoms with Crippen LogP contribution in [0.1, 0.15) is 38.5 Å². The maximum absolute atomic E-state index is 14.5. The third kappa shape index (κ3) is 4.02. The van der Waals surface area contributed by atoms with Crippen LogP contribution in [0.25, 0.3) is 17.2 Å². The monoisotopic (exact) mass is 440 g/mol. The van der Waals surface area contributed by atoms with Gasteiger partial charge in [0.15, 0.2) is 23.1 Å². The summed E-state index contributed by atoms with van der Waals surface area (Å²) in [5.41, 5.74) is 0.435. The number of likely N-dealkylation sites (tertiary alicyclic amines) is 1. The number of H-pyrrole nitrogens is 1. The first-order valence-corrected chi connectivity index (χ1v) is 11.0. The van der Waals surface area contributed by atoms with Crippen molar-refractivity contribution in [3.05, 3.63) is 40.7 Å². The van der Waals surface area contributed by atoms with E-state index in [9.17, 15) is 14.0 Å². The molecule has 11 heteroatoms. The quantitative estimate of drug-likeness (QED) is 0.572. The molecule has 1 saturated carbocycles. The van der Waals surface area contributed by atoms with Crippen molar-refractivity contribution in [1.82, 2.24) is 34.8 Å². The van der Waals surface area contributed by atoms with Gasteiger partial charge in [0, 0.05) is 25.2 Å². The van der Waals surface area contributed by atoms with E-state index >= 15 is 0 Å². The Morgan fingerprint density at radius 3 is 2.81 bits per heavy atom. The second kappa shape index (κ2) is 8.56. The highest BCUT2D eigenvalue weighted by Crippen LogP contribution is 2.25. The van der Waals surface area contributed by atoms with E-state index < -0.39 is 11.5 Å². The number of hydrogen-bond acceptors (Lipinski definition) is 6. The van der Waals surface area contributed by atoms with Crippen molar-refractivity contribution in [2.75, 3.05) is 18.4 Å². The van der Waals surface area contributed by atoms with Crippen molar-refractivity contribution >= 4 is 17.5 Å². The molecular formula is C21H25FN8O2. The Morgan fingerprint density at radius 2 is 1.97 bits per heavy atom. The highest BCUT2D eigenvalue weighted by atomic mass is 19.1. The molecule has 3 N–H and O–H groups in total. The molecule has 4 heterocycles. The fourth-order valence-electron chi connectivity index (χ4n) is 4.55. The number of hydrogen-bond donors (Lipinski definition) is 3. The van der Waals surface area contributed by atoms with E-state index in [1.54, 1.807) is 18.2 Å². The number of carbonyl (C=O) groups excluding carboxylic acids is 1. The number of pyridine rings is 1. The van der Waals surface area contributed by atoms with Crippen LogP contribution in [0.3, 0.4) is 0 Å². The summed E-state index contributed by atoms with van der Waals surface area (Å²) >= 11 is 0. The molecule has 0 radical (unpaired) electrons. The average molecular weight is 440 g/mol. The molecule has 1 aliphatic heterocycles. The number of amides is 2. The molecule has 2 atom stereocenters. The summed E-state index contributed by atoms with van der Waals surface area (Å²) in [4.78, 5) is 34.8. The minimum atomic E-state index is -0.566. The van der Waals surface area contributed by atoms with Gasteiger partial charge in [-0.3, -0.25) is 0 Å². The summed E-state index contributed by atoms with van der Waals surface area (Å²) in [5.74, 6) is -0.263. The molecule has 168 valence electrons. The van der Waals surface area contributed by atoms with Crippen molar-refractivity contribution < 1.29 is 9.18 Å². The Morgan fingerprint density at radius 1 is 1.16 bits per heavy atom. The summed E-state index contributed by atoms with van der Waals surface area (Å²) < 4.78 is 15.9. The third-order valence-corrected chi connectivity index (χ3v) is 6.15. The first kappa shape index (κ1) is 20.4. The number of nitrogens with one attached hydrogen (secondary N) is 3. The van der Waals surface area contributed by atoms with Crippen molar-refractivity contribution in [3.8, 4) is 11.5 Å². The topological polar surface area (TPSA) is 120 Å². The average Bonchev–Trinajstić information content (AvgIpc) is 3.46. The molecule has 2 amide bonds. The molecule has 0 spiro atoms. The van der Waals surface area contributed by atoms with Crippen LogP contribution in [0.5, 0.6) is 0 Å². The molecule has 5 rings (SSSR count). The number of carbonyl (C=O) groups is 1. The molecule has 32 heavy (non-hydrogen) atoms. The van der Waals surface area contributed by atoms with Crippen LogP contribution >= 0.6 is 0 Å². The lowest BCUT2D eigenvalue weighted by atomic mass is 9.91. The maximum Gasteiger partial charge on any atom is 0.348 e. The highest BCUT2D eigenvalue weighted by molar-refractivity contribution is 5.74. The van der Waals surface area contributed by atoms with E-state index in [1.165, 1.54) is 4.40 Å². The van der Waals surface area contributed by atoms with Gasteiger partial charge < -0.3 is 15.5 Å². The third-order valence-electron chi connectivity index (χ3n) is 6.15. The Balaban J connectivity index is 1.32. The van der Waals surface area contributed by atoms with Gasteiger partial charge in [-0.25, -0.2) is 33.4 Å². The molecule has 2 aliphatic rings. The Kier molecular flexibility index (Phi) is 5.46. The van der Waals surface area contributed by atoms with Gasteiger partial charge in [-0.1, -0.05) is 6.07 Å². The lowest BCUT2D eigenvalue weighted by Gasteiger charge is -2.32. The molecule has 1 unspecified atom stereocenters. The largest absolute Gasteiger partial charge is 0.365 e. The van der Waals surface area contributed by atoms with Crippen LogP contribution in [-0.4, -0.2) is 60.7 Å². The van der Waals surface area contributed by atoms with Crippen LogP contribution in [0.2, 0.25) is 0 Å². The van der Waals surface area contributed by atoms with Crippen LogP contribution < -0.4 is 16.3 Å². The van der Waals surface area contributed by atoms with Crippen molar-refractivity contribution in [3.63, 3.8) is 0 Å². The SMILES string of the molecule is O=C(N[C@@H]1CCCC(Nc2nc(-c3cccc4n[nH]c(=O)n34)ncc2F)C1)N1CCCC1. The highest BCUT2D eigenvalue weighted by Gasteiger charge is 2.27. The van der Waals surface area contributed by atoms with Gasteiger partial charge in [0.25, 0.3) is 0 Å². The van der Waals surface area contributed by atoms with Gasteiger partial charge in [-0.15, -0.1) is 0 Å². The smallest absolute Gasteiger partial charge is 0.348 e. The number of urea groups is 1. The molecule has 0 bridgehead atoms. The van der Waals surface area contributed by atoms with Gasteiger partial charge in [0.05, 0.1) is 11.9 Å². The zero-order valence-electron chi connectivity index (χ0n) is 17.6. The fourth-order valence-corrected chi connectivity index (χ4v) is 4.55. The Labute approximate surface area is 183 Å². The first-order valence-electron chi connectivity index (χ1n) is 11.0. The normalized spacial score (nSPS) is 21.1. The number of aromatic amines is 1. The lowest BCUT2D eigenvalue weighted by Crippen LogP contribution is -2.47. The number of rotatable bonds is 4.